The summed E-state index contributed by atoms with van der Waals surface area (Å²) in [6.45, 7) is 11.2. The molecule has 0 aromatic heterocycles. The Labute approximate surface area is 128 Å². The predicted molar refractivity (Wildman–Crippen MR) is 86.7 cm³/mol. The van der Waals surface area contributed by atoms with Crippen LogP contribution in [0.4, 0.5) is 0 Å². The molecule has 1 aromatic carbocycles. The maximum absolute atomic E-state index is 12.1. The van der Waals surface area contributed by atoms with Gasteiger partial charge in [0.05, 0.1) is 0 Å². The largest absolute Gasteiger partial charge is 0.459 e. The van der Waals surface area contributed by atoms with Crippen molar-refractivity contribution in [3.05, 3.63) is 42.0 Å². The van der Waals surface area contributed by atoms with Crippen molar-refractivity contribution in [2.75, 3.05) is 0 Å². The van der Waals surface area contributed by atoms with Crippen LogP contribution in [0.25, 0.3) is 6.08 Å². The van der Waals surface area contributed by atoms with E-state index in [0.717, 1.165) is 12.0 Å². The molecule has 2 heteroatoms. The fourth-order valence-corrected chi connectivity index (χ4v) is 3.06. The zero-order valence-electron chi connectivity index (χ0n) is 13.7. The molecule has 0 N–H and O–H groups in total. The molecule has 0 amide bonds. The van der Waals surface area contributed by atoms with E-state index in [1.165, 1.54) is 6.08 Å². The highest BCUT2D eigenvalue weighted by Gasteiger charge is 2.54. The molecule has 1 fully saturated rings. The lowest BCUT2D eigenvalue weighted by atomic mass is 9.67. The van der Waals surface area contributed by atoms with Crippen LogP contribution in [0.15, 0.2) is 36.4 Å². The summed E-state index contributed by atoms with van der Waals surface area (Å²) in [5.41, 5.74) is 1.16. The van der Waals surface area contributed by atoms with Gasteiger partial charge < -0.3 is 4.74 Å². The first kappa shape index (κ1) is 15.8. The van der Waals surface area contributed by atoms with Crippen molar-refractivity contribution in [3.63, 3.8) is 0 Å². The Kier molecular flexibility index (Phi) is 4.27. The number of carbonyl (C=O) groups excluding carboxylic acids is 1. The lowest BCUT2D eigenvalue weighted by Gasteiger charge is -2.40. The number of hydrogen-bond acceptors (Lipinski definition) is 2. The normalized spacial score (nSPS) is 26.9. The van der Waals surface area contributed by atoms with Crippen molar-refractivity contribution < 1.29 is 9.53 Å². The molecule has 2 atom stereocenters. The highest BCUT2D eigenvalue weighted by atomic mass is 16.5. The van der Waals surface area contributed by atoms with Crippen LogP contribution in [-0.2, 0) is 9.53 Å². The fourth-order valence-electron chi connectivity index (χ4n) is 3.06. The molecule has 1 aliphatic carbocycles. The smallest absolute Gasteiger partial charge is 0.331 e. The molecule has 0 bridgehead atoms. The van der Waals surface area contributed by atoms with Crippen LogP contribution in [0, 0.1) is 16.7 Å². The first-order valence-electron chi connectivity index (χ1n) is 7.69. The summed E-state index contributed by atoms with van der Waals surface area (Å²) < 4.78 is 5.73. The Balaban J connectivity index is 2.02. The van der Waals surface area contributed by atoms with E-state index in [0.29, 0.717) is 5.92 Å². The van der Waals surface area contributed by atoms with Gasteiger partial charge in [0.15, 0.2) is 0 Å². The number of carbonyl (C=O) groups is 1. The van der Waals surface area contributed by atoms with Gasteiger partial charge in [0.2, 0.25) is 0 Å². The molecule has 2 unspecified atom stereocenters. The quantitative estimate of drug-likeness (QED) is 0.594. The first-order chi connectivity index (χ1) is 9.75. The van der Waals surface area contributed by atoms with E-state index in [1.54, 1.807) is 6.08 Å². The lowest BCUT2D eigenvalue weighted by Crippen LogP contribution is -2.38. The van der Waals surface area contributed by atoms with E-state index >= 15 is 0 Å². The van der Waals surface area contributed by atoms with Gasteiger partial charge in [0.25, 0.3) is 0 Å². The molecule has 0 radical (unpaired) electrons. The lowest BCUT2D eigenvalue weighted by molar-refractivity contribution is -0.149. The standard InChI is InChI=1S/C19H26O2/c1-14-13-16(19(4,5)18(14,2)3)21-17(20)12-11-15-9-7-6-8-10-15/h6-12,14,16H,13H2,1-5H3. The van der Waals surface area contributed by atoms with Crippen LogP contribution >= 0.6 is 0 Å². The second-order valence-electron chi connectivity index (χ2n) is 7.25. The minimum Gasteiger partial charge on any atom is -0.459 e. The third kappa shape index (κ3) is 3.04. The molecule has 0 heterocycles. The van der Waals surface area contributed by atoms with Crippen molar-refractivity contribution in [1.29, 1.82) is 0 Å². The Morgan fingerprint density at radius 1 is 1.14 bits per heavy atom. The van der Waals surface area contributed by atoms with Crippen molar-refractivity contribution in [2.24, 2.45) is 16.7 Å². The molecule has 114 valence electrons. The molecule has 1 aliphatic rings. The van der Waals surface area contributed by atoms with E-state index in [-0.39, 0.29) is 22.9 Å². The van der Waals surface area contributed by atoms with Crippen molar-refractivity contribution in [1.82, 2.24) is 0 Å². The molecule has 21 heavy (non-hydrogen) atoms. The third-order valence-corrected chi connectivity index (χ3v) is 5.74. The summed E-state index contributed by atoms with van der Waals surface area (Å²) >= 11 is 0. The zero-order chi connectivity index (χ0) is 15.7. The van der Waals surface area contributed by atoms with Gasteiger partial charge >= 0.3 is 5.97 Å². The predicted octanol–water partition coefficient (Wildman–Crippen LogP) is 4.70. The SMILES string of the molecule is CC1CC(OC(=O)C=Cc2ccccc2)C(C)(C)C1(C)C. The van der Waals surface area contributed by atoms with Gasteiger partial charge in [0, 0.05) is 11.5 Å². The average Bonchev–Trinajstić information content (AvgIpc) is 2.58. The van der Waals surface area contributed by atoms with Gasteiger partial charge in [-0.2, -0.15) is 0 Å². The minimum atomic E-state index is -0.248. The van der Waals surface area contributed by atoms with Crippen molar-refractivity contribution in [2.45, 2.75) is 47.1 Å². The van der Waals surface area contributed by atoms with Gasteiger partial charge in [-0.15, -0.1) is 0 Å². The van der Waals surface area contributed by atoms with E-state index in [1.807, 2.05) is 30.3 Å². The van der Waals surface area contributed by atoms with Crippen LogP contribution in [0.3, 0.4) is 0 Å². The molecule has 0 aliphatic heterocycles. The van der Waals surface area contributed by atoms with Gasteiger partial charge in [-0.25, -0.2) is 4.79 Å². The minimum absolute atomic E-state index is 0.0112. The molecular formula is C19H26O2. The van der Waals surface area contributed by atoms with Crippen LogP contribution in [0.1, 0.15) is 46.6 Å². The van der Waals surface area contributed by atoms with Crippen molar-refractivity contribution in [3.8, 4) is 0 Å². The van der Waals surface area contributed by atoms with Crippen molar-refractivity contribution >= 4 is 12.0 Å². The summed E-state index contributed by atoms with van der Waals surface area (Å²) in [6, 6.07) is 9.80. The highest BCUT2D eigenvalue weighted by molar-refractivity contribution is 5.87. The van der Waals surface area contributed by atoms with Crippen LogP contribution in [0.5, 0.6) is 0 Å². The molecular weight excluding hydrogens is 260 g/mol. The molecule has 0 spiro atoms. The Morgan fingerprint density at radius 3 is 2.29 bits per heavy atom. The van der Waals surface area contributed by atoms with Crippen LogP contribution in [-0.4, -0.2) is 12.1 Å². The van der Waals surface area contributed by atoms with E-state index in [4.69, 9.17) is 4.74 Å². The summed E-state index contributed by atoms with van der Waals surface area (Å²) in [5.74, 6) is 0.297. The maximum Gasteiger partial charge on any atom is 0.331 e. The van der Waals surface area contributed by atoms with Gasteiger partial charge in [-0.3, -0.25) is 0 Å². The summed E-state index contributed by atoms with van der Waals surface area (Å²) in [5, 5.41) is 0. The molecule has 0 saturated heterocycles. The molecule has 2 nitrogen and oxygen atoms in total. The highest BCUT2D eigenvalue weighted by Crippen LogP contribution is 2.56. The van der Waals surface area contributed by atoms with Crippen LogP contribution < -0.4 is 0 Å². The van der Waals surface area contributed by atoms with E-state index < -0.39 is 0 Å². The average molecular weight is 286 g/mol. The number of hydrogen-bond donors (Lipinski definition) is 0. The number of rotatable bonds is 3. The number of ether oxygens (including phenoxy) is 1. The third-order valence-electron chi connectivity index (χ3n) is 5.74. The molecule has 2 rings (SSSR count). The van der Waals surface area contributed by atoms with Gasteiger partial charge in [-0.1, -0.05) is 65.0 Å². The first-order valence-corrected chi connectivity index (χ1v) is 7.69. The molecule has 1 aromatic rings. The zero-order valence-corrected chi connectivity index (χ0v) is 13.7. The Bertz CT molecular complexity index is 526. The number of esters is 1. The maximum atomic E-state index is 12.1. The molecule has 1 saturated carbocycles. The second-order valence-corrected chi connectivity index (χ2v) is 7.25. The van der Waals surface area contributed by atoms with E-state index in [9.17, 15) is 4.79 Å². The van der Waals surface area contributed by atoms with Crippen LogP contribution in [0.2, 0.25) is 0 Å². The topological polar surface area (TPSA) is 26.3 Å². The van der Waals surface area contributed by atoms with E-state index in [2.05, 4.69) is 34.6 Å². The van der Waals surface area contributed by atoms with Gasteiger partial charge in [-0.05, 0) is 29.4 Å². The second kappa shape index (κ2) is 5.67. The summed E-state index contributed by atoms with van der Waals surface area (Å²) in [7, 11) is 0. The Hall–Kier alpha value is -1.57. The summed E-state index contributed by atoms with van der Waals surface area (Å²) in [4.78, 5) is 12.1. The van der Waals surface area contributed by atoms with Gasteiger partial charge in [0.1, 0.15) is 6.10 Å². The summed E-state index contributed by atoms with van der Waals surface area (Å²) in [6.07, 6.45) is 4.25. The number of benzene rings is 1. The fraction of sp³-hybridized carbons (Fsp3) is 0.526. The monoisotopic (exact) mass is 286 g/mol. The Morgan fingerprint density at radius 2 is 1.76 bits per heavy atom.